The van der Waals surface area contributed by atoms with Crippen molar-refractivity contribution in [2.24, 2.45) is 0 Å². The average molecular weight is 324 g/mol. The number of hydrogen-bond donors (Lipinski definition) is 0. The molecule has 0 amide bonds. The Morgan fingerprint density at radius 1 is 0.625 bits per heavy atom. The van der Waals surface area contributed by atoms with Gasteiger partial charge in [-0.1, -0.05) is 86.2 Å². The Morgan fingerprint density at radius 2 is 1.25 bits per heavy atom. The molecular formula is C23H20Si. The quantitative estimate of drug-likeness (QED) is 0.200. The SMILES string of the molecule is C[Si](C)(C)C#Cc1cc2c3ccccc3ccc2c2ccccc12. The second kappa shape index (κ2) is 5.51. The van der Waals surface area contributed by atoms with Crippen LogP contribution in [0.2, 0.25) is 19.6 Å². The van der Waals surface area contributed by atoms with E-state index in [1.807, 2.05) is 0 Å². The van der Waals surface area contributed by atoms with E-state index >= 15 is 0 Å². The Hall–Kier alpha value is -2.56. The lowest BCUT2D eigenvalue weighted by Crippen LogP contribution is -2.16. The van der Waals surface area contributed by atoms with E-state index in [9.17, 15) is 0 Å². The molecule has 0 radical (unpaired) electrons. The van der Waals surface area contributed by atoms with Gasteiger partial charge in [-0.15, -0.1) is 5.54 Å². The zero-order chi connectivity index (χ0) is 16.7. The van der Waals surface area contributed by atoms with Crippen molar-refractivity contribution in [3.05, 3.63) is 72.3 Å². The summed E-state index contributed by atoms with van der Waals surface area (Å²) in [4.78, 5) is 0. The van der Waals surface area contributed by atoms with Gasteiger partial charge in [-0.2, -0.15) is 0 Å². The molecule has 4 rings (SSSR count). The Bertz CT molecular complexity index is 1130. The first-order valence-corrected chi connectivity index (χ1v) is 11.9. The molecule has 0 nitrogen and oxygen atoms in total. The highest BCUT2D eigenvalue weighted by atomic mass is 28.3. The van der Waals surface area contributed by atoms with Gasteiger partial charge in [-0.05, 0) is 38.4 Å². The molecular weight excluding hydrogens is 304 g/mol. The van der Waals surface area contributed by atoms with Gasteiger partial charge in [0.1, 0.15) is 8.07 Å². The molecule has 0 N–H and O–H groups in total. The lowest BCUT2D eigenvalue weighted by Gasteiger charge is -2.10. The first kappa shape index (κ1) is 15.0. The molecule has 0 atom stereocenters. The second-order valence-corrected chi connectivity index (χ2v) is 12.1. The van der Waals surface area contributed by atoms with Crippen LogP contribution in [-0.2, 0) is 0 Å². The first-order chi connectivity index (χ1) is 11.5. The van der Waals surface area contributed by atoms with Gasteiger partial charge < -0.3 is 0 Å². The van der Waals surface area contributed by atoms with Gasteiger partial charge in [0, 0.05) is 5.56 Å². The van der Waals surface area contributed by atoms with Gasteiger partial charge in [-0.3, -0.25) is 0 Å². The van der Waals surface area contributed by atoms with Crippen molar-refractivity contribution in [1.82, 2.24) is 0 Å². The van der Waals surface area contributed by atoms with Crippen LogP contribution in [0.4, 0.5) is 0 Å². The fourth-order valence-electron chi connectivity index (χ4n) is 3.22. The highest BCUT2D eigenvalue weighted by Crippen LogP contribution is 2.33. The monoisotopic (exact) mass is 324 g/mol. The topological polar surface area (TPSA) is 0 Å². The molecule has 24 heavy (non-hydrogen) atoms. The lowest BCUT2D eigenvalue weighted by molar-refractivity contribution is 1.74. The minimum Gasteiger partial charge on any atom is -0.127 e. The standard InChI is InChI=1S/C23H20Si/c1-24(2,3)15-14-18-16-23-19-9-5-4-8-17(19)12-13-22(23)21-11-7-6-10-20(18)21/h4-13,16H,1-3H3. The molecule has 0 heterocycles. The van der Waals surface area contributed by atoms with Crippen molar-refractivity contribution in [3.63, 3.8) is 0 Å². The number of fused-ring (bicyclic) bond motifs is 5. The molecule has 0 aliphatic carbocycles. The van der Waals surface area contributed by atoms with Crippen LogP contribution in [0.25, 0.3) is 32.3 Å². The highest BCUT2D eigenvalue weighted by molar-refractivity contribution is 6.83. The maximum Gasteiger partial charge on any atom is 0.129 e. The van der Waals surface area contributed by atoms with E-state index in [-0.39, 0.29) is 0 Å². The van der Waals surface area contributed by atoms with Crippen LogP contribution in [0.1, 0.15) is 5.56 Å². The highest BCUT2D eigenvalue weighted by Gasteiger charge is 2.10. The van der Waals surface area contributed by atoms with E-state index in [1.54, 1.807) is 0 Å². The molecule has 4 aromatic carbocycles. The van der Waals surface area contributed by atoms with Crippen LogP contribution >= 0.6 is 0 Å². The number of benzene rings is 4. The summed E-state index contributed by atoms with van der Waals surface area (Å²) in [5, 5.41) is 7.74. The third-order valence-corrected chi connectivity index (χ3v) is 5.21. The molecule has 0 saturated heterocycles. The summed E-state index contributed by atoms with van der Waals surface area (Å²) in [7, 11) is -1.41. The molecule has 0 saturated carbocycles. The van der Waals surface area contributed by atoms with Crippen molar-refractivity contribution in [2.45, 2.75) is 19.6 Å². The van der Waals surface area contributed by atoms with Crippen LogP contribution in [0, 0.1) is 11.5 Å². The molecule has 0 aromatic heterocycles. The van der Waals surface area contributed by atoms with Gasteiger partial charge in [0.05, 0.1) is 0 Å². The zero-order valence-corrected chi connectivity index (χ0v) is 15.4. The van der Waals surface area contributed by atoms with E-state index in [0.717, 1.165) is 5.56 Å². The van der Waals surface area contributed by atoms with Gasteiger partial charge in [0.2, 0.25) is 0 Å². The van der Waals surface area contributed by atoms with Crippen LogP contribution in [0.5, 0.6) is 0 Å². The molecule has 1 heteroatoms. The van der Waals surface area contributed by atoms with Crippen molar-refractivity contribution < 1.29 is 0 Å². The molecule has 0 aliphatic rings. The molecule has 116 valence electrons. The zero-order valence-electron chi connectivity index (χ0n) is 14.4. The van der Waals surface area contributed by atoms with E-state index in [4.69, 9.17) is 0 Å². The Morgan fingerprint density at radius 3 is 2.00 bits per heavy atom. The van der Waals surface area contributed by atoms with E-state index in [0.29, 0.717) is 0 Å². The van der Waals surface area contributed by atoms with Crippen LogP contribution < -0.4 is 0 Å². The molecule has 0 spiro atoms. The minimum absolute atomic E-state index is 1.15. The molecule has 0 unspecified atom stereocenters. The summed E-state index contributed by atoms with van der Waals surface area (Å²) >= 11 is 0. The van der Waals surface area contributed by atoms with Crippen molar-refractivity contribution in [2.75, 3.05) is 0 Å². The number of hydrogen-bond acceptors (Lipinski definition) is 0. The van der Waals surface area contributed by atoms with Crippen molar-refractivity contribution in [3.8, 4) is 11.5 Å². The summed E-state index contributed by atoms with van der Waals surface area (Å²) in [6, 6.07) is 24.0. The fourth-order valence-corrected chi connectivity index (χ4v) is 3.73. The normalized spacial score (nSPS) is 11.6. The molecule has 0 bridgehead atoms. The van der Waals surface area contributed by atoms with Crippen molar-refractivity contribution in [1.29, 1.82) is 0 Å². The van der Waals surface area contributed by atoms with Gasteiger partial charge in [0.15, 0.2) is 0 Å². The summed E-state index contributed by atoms with van der Waals surface area (Å²) in [6.45, 7) is 6.87. The predicted molar refractivity (Wildman–Crippen MR) is 109 cm³/mol. The summed E-state index contributed by atoms with van der Waals surface area (Å²) in [5.41, 5.74) is 4.68. The lowest BCUT2D eigenvalue weighted by atomic mass is 9.94. The summed E-state index contributed by atoms with van der Waals surface area (Å²) in [6.07, 6.45) is 0. The van der Waals surface area contributed by atoms with Crippen LogP contribution in [0.3, 0.4) is 0 Å². The third-order valence-electron chi connectivity index (χ3n) is 4.34. The smallest absolute Gasteiger partial charge is 0.127 e. The first-order valence-electron chi connectivity index (χ1n) is 8.39. The second-order valence-electron chi connectivity index (χ2n) is 7.35. The Kier molecular flexibility index (Phi) is 3.44. The maximum atomic E-state index is 3.53. The van der Waals surface area contributed by atoms with Gasteiger partial charge >= 0.3 is 0 Å². The fraction of sp³-hybridized carbons (Fsp3) is 0.130. The molecule has 0 aliphatic heterocycles. The third kappa shape index (κ3) is 2.60. The van der Waals surface area contributed by atoms with Gasteiger partial charge in [0.25, 0.3) is 0 Å². The average Bonchev–Trinajstić information content (AvgIpc) is 2.58. The maximum absolute atomic E-state index is 3.53. The Balaban J connectivity index is 2.17. The van der Waals surface area contributed by atoms with E-state index in [2.05, 4.69) is 97.8 Å². The van der Waals surface area contributed by atoms with Crippen LogP contribution in [-0.4, -0.2) is 8.07 Å². The largest absolute Gasteiger partial charge is 0.129 e. The summed E-state index contributed by atoms with van der Waals surface area (Å²) in [5.74, 6) is 3.50. The summed E-state index contributed by atoms with van der Waals surface area (Å²) < 4.78 is 0. The van der Waals surface area contributed by atoms with Gasteiger partial charge in [-0.25, -0.2) is 0 Å². The van der Waals surface area contributed by atoms with E-state index < -0.39 is 8.07 Å². The van der Waals surface area contributed by atoms with E-state index in [1.165, 1.54) is 32.3 Å². The van der Waals surface area contributed by atoms with Crippen LogP contribution in [0.15, 0.2) is 66.7 Å². The predicted octanol–water partition coefficient (Wildman–Crippen LogP) is 6.38. The van der Waals surface area contributed by atoms with Crippen molar-refractivity contribution >= 4 is 40.4 Å². The molecule has 0 fully saturated rings. The minimum atomic E-state index is -1.41. The molecule has 4 aromatic rings. The number of rotatable bonds is 0. The Labute approximate surface area is 144 Å².